The van der Waals surface area contributed by atoms with Crippen molar-refractivity contribution < 1.29 is 0 Å². The van der Waals surface area contributed by atoms with Crippen molar-refractivity contribution in [3.8, 4) is 33.9 Å². The summed E-state index contributed by atoms with van der Waals surface area (Å²) in [5.41, 5.74) is 18.8. The third-order valence-corrected chi connectivity index (χ3v) is 9.44. The molecule has 6 heteroatoms. The van der Waals surface area contributed by atoms with Crippen LogP contribution in [0.5, 0.6) is 0 Å². The zero-order valence-corrected chi connectivity index (χ0v) is 27.2. The van der Waals surface area contributed by atoms with Gasteiger partial charge in [-0.1, -0.05) is 35.4 Å². The summed E-state index contributed by atoms with van der Waals surface area (Å²) < 4.78 is 4.50. The van der Waals surface area contributed by atoms with Crippen molar-refractivity contribution in [3.63, 3.8) is 0 Å². The standard InChI is InChI=1S/C42H32N6/c1-25-9-13-29(14-10-25)47-35-7-5-21-43-39(35)41-37(47)19-17-33(45-41)31-23-28(4)32(24-27(31)3)34-18-20-38-42(46-34)40-36(8-6-22-44-40)48(38)30-15-11-26(2)12-16-30/h5-24H,1-4H3. The largest absolute Gasteiger partial charge is 0.306 e. The van der Waals surface area contributed by atoms with Crippen molar-refractivity contribution in [2.75, 3.05) is 0 Å². The summed E-state index contributed by atoms with van der Waals surface area (Å²) in [5, 5.41) is 0. The number of nitrogens with zero attached hydrogens (tertiary/aromatic N) is 6. The van der Waals surface area contributed by atoms with Gasteiger partial charge in [-0.05, 0) is 124 Å². The summed E-state index contributed by atoms with van der Waals surface area (Å²) in [5.74, 6) is 0. The number of aromatic nitrogens is 6. The first-order valence-corrected chi connectivity index (χ1v) is 16.2. The molecule has 9 rings (SSSR count). The lowest BCUT2D eigenvalue weighted by atomic mass is 9.95. The summed E-state index contributed by atoms with van der Waals surface area (Å²) in [7, 11) is 0. The molecule has 3 aromatic carbocycles. The van der Waals surface area contributed by atoms with E-state index in [1.807, 2.05) is 24.5 Å². The van der Waals surface area contributed by atoms with Crippen LogP contribution in [0.3, 0.4) is 0 Å². The number of pyridine rings is 4. The molecule has 0 saturated carbocycles. The van der Waals surface area contributed by atoms with Gasteiger partial charge in [-0.25, -0.2) is 9.97 Å². The van der Waals surface area contributed by atoms with Crippen molar-refractivity contribution in [2.45, 2.75) is 27.7 Å². The van der Waals surface area contributed by atoms with E-state index in [9.17, 15) is 0 Å². The maximum absolute atomic E-state index is 5.24. The van der Waals surface area contributed by atoms with Gasteiger partial charge < -0.3 is 9.13 Å². The molecular formula is C42H32N6. The molecule has 0 aliphatic heterocycles. The lowest BCUT2D eigenvalue weighted by Gasteiger charge is -2.13. The highest BCUT2D eigenvalue weighted by Gasteiger charge is 2.19. The van der Waals surface area contributed by atoms with Gasteiger partial charge in [0.15, 0.2) is 0 Å². The zero-order chi connectivity index (χ0) is 32.5. The molecule has 0 spiro atoms. The molecule has 9 aromatic rings. The van der Waals surface area contributed by atoms with Crippen LogP contribution >= 0.6 is 0 Å². The molecule has 0 amide bonds. The zero-order valence-electron chi connectivity index (χ0n) is 27.2. The van der Waals surface area contributed by atoms with Gasteiger partial charge in [-0.2, -0.15) is 0 Å². The minimum absolute atomic E-state index is 0.898. The van der Waals surface area contributed by atoms with Gasteiger partial charge in [0.1, 0.15) is 22.1 Å². The summed E-state index contributed by atoms with van der Waals surface area (Å²) in [6.45, 7) is 8.53. The lowest BCUT2D eigenvalue weighted by molar-refractivity contribution is 1.17. The van der Waals surface area contributed by atoms with Gasteiger partial charge >= 0.3 is 0 Å². The maximum Gasteiger partial charge on any atom is 0.115 e. The van der Waals surface area contributed by atoms with E-state index in [4.69, 9.17) is 19.9 Å². The number of hydrogen-bond donors (Lipinski definition) is 0. The highest BCUT2D eigenvalue weighted by molar-refractivity contribution is 6.06. The van der Waals surface area contributed by atoms with E-state index in [1.165, 1.54) is 11.1 Å². The quantitative estimate of drug-likeness (QED) is 0.196. The van der Waals surface area contributed by atoms with Crippen LogP contribution in [0.15, 0.2) is 122 Å². The van der Waals surface area contributed by atoms with E-state index in [-0.39, 0.29) is 0 Å². The van der Waals surface area contributed by atoms with Crippen LogP contribution in [0.2, 0.25) is 0 Å². The molecule has 0 N–H and O–H groups in total. The molecule has 0 saturated heterocycles. The first kappa shape index (κ1) is 28.1. The second-order valence-electron chi connectivity index (χ2n) is 12.7. The normalized spacial score (nSPS) is 11.8. The number of hydrogen-bond acceptors (Lipinski definition) is 4. The lowest BCUT2D eigenvalue weighted by Crippen LogP contribution is -1.96. The number of rotatable bonds is 4. The molecule has 230 valence electrons. The SMILES string of the molecule is Cc1ccc(-n2c3cccnc3c3nc(-c4cc(C)c(-c5ccc6c(n5)c5ncccc5n6-c5ccc(C)cc5)cc4C)ccc32)cc1. The smallest absolute Gasteiger partial charge is 0.115 e. The third-order valence-electron chi connectivity index (χ3n) is 9.44. The molecule has 6 nitrogen and oxygen atoms in total. The van der Waals surface area contributed by atoms with Gasteiger partial charge in [0, 0.05) is 34.9 Å². The van der Waals surface area contributed by atoms with Crippen molar-refractivity contribution in [3.05, 3.63) is 144 Å². The Morgan fingerprint density at radius 1 is 0.417 bits per heavy atom. The fourth-order valence-corrected chi connectivity index (χ4v) is 7.00. The average molecular weight is 621 g/mol. The van der Waals surface area contributed by atoms with Crippen LogP contribution in [-0.4, -0.2) is 29.1 Å². The van der Waals surface area contributed by atoms with Crippen molar-refractivity contribution >= 4 is 44.1 Å². The fourth-order valence-electron chi connectivity index (χ4n) is 7.00. The van der Waals surface area contributed by atoms with Gasteiger partial charge in [-0.15, -0.1) is 0 Å². The number of fused-ring (bicyclic) bond motifs is 6. The minimum atomic E-state index is 0.898. The van der Waals surface area contributed by atoms with Crippen LogP contribution in [-0.2, 0) is 0 Å². The van der Waals surface area contributed by atoms with E-state index in [0.717, 1.165) is 89.2 Å². The summed E-state index contributed by atoms with van der Waals surface area (Å²) in [6.07, 6.45) is 3.69. The molecule has 0 unspecified atom stereocenters. The third kappa shape index (κ3) is 4.33. The monoisotopic (exact) mass is 620 g/mol. The maximum atomic E-state index is 5.24. The van der Waals surface area contributed by atoms with Crippen LogP contribution in [0, 0.1) is 27.7 Å². The Kier molecular flexibility index (Phi) is 6.27. The highest BCUT2D eigenvalue weighted by Crippen LogP contribution is 2.36. The van der Waals surface area contributed by atoms with Gasteiger partial charge in [0.2, 0.25) is 0 Å². The van der Waals surface area contributed by atoms with Crippen molar-refractivity contribution in [1.82, 2.24) is 29.1 Å². The topological polar surface area (TPSA) is 61.4 Å². The number of benzene rings is 3. The average Bonchev–Trinajstić information content (AvgIpc) is 3.62. The Bertz CT molecular complexity index is 2510. The first-order chi connectivity index (χ1) is 23.4. The summed E-state index contributed by atoms with van der Waals surface area (Å²) in [4.78, 5) is 20.0. The molecule has 0 bridgehead atoms. The van der Waals surface area contributed by atoms with E-state index in [0.29, 0.717) is 0 Å². The van der Waals surface area contributed by atoms with Gasteiger partial charge in [-0.3, -0.25) is 9.97 Å². The van der Waals surface area contributed by atoms with Crippen LogP contribution in [0.4, 0.5) is 0 Å². The summed E-state index contributed by atoms with van der Waals surface area (Å²) >= 11 is 0. The van der Waals surface area contributed by atoms with Crippen LogP contribution < -0.4 is 0 Å². The molecular weight excluding hydrogens is 589 g/mol. The Morgan fingerprint density at radius 2 is 0.812 bits per heavy atom. The van der Waals surface area contributed by atoms with Crippen molar-refractivity contribution in [1.29, 1.82) is 0 Å². The fraction of sp³-hybridized carbons (Fsp3) is 0.0952. The summed E-state index contributed by atoms with van der Waals surface area (Å²) in [6, 6.07) is 38.5. The molecule has 6 heterocycles. The number of aryl methyl sites for hydroxylation is 4. The molecule has 48 heavy (non-hydrogen) atoms. The minimum Gasteiger partial charge on any atom is -0.306 e. The van der Waals surface area contributed by atoms with Gasteiger partial charge in [0.25, 0.3) is 0 Å². The second-order valence-corrected chi connectivity index (χ2v) is 12.7. The second kappa shape index (κ2) is 10.7. The molecule has 6 aromatic heterocycles. The first-order valence-electron chi connectivity index (χ1n) is 16.2. The van der Waals surface area contributed by atoms with Crippen LogP contribution in [0.1, 0.15) is 22.3 Å². The van der Waals surface area contributed by atoms with Crippen molar-refractivity contribution in [2.24, 2.45) is 0 Å². The Labute approximate surface area is 278 Å². The predicted octanol–water partition coefficient (Wildman–Crippen LogP) is 10.0. The van der Waals surface area contributed by atoms with Crippen LogP contribution in [0.25, 0.3) is 78.0 Å². The molecule has 0 radical (unpaired) electrons. The molecule has 0 atom stereocenters. The predicted molar refractivity (Wildman–Crippen MR) is 196 cm³/mol. The van der Waals surface area contributed by atoms with E-state index < -0.39 is 0 Å². The Morgan fingerprint density at radius 3 is 1.23 bits per heavy atom. The Hall–Kier alpha value is -6.14. The Balaban J connectivity index is 1.16. The highest BCUT2D eigenvalue weighted by atomic mass is 15.0. The molecule has 0 fully saturated rings. The van der Waals surface area contributed by atoms with E-state index in [2.05, 4.69) is 134 Å². The molecule has 0 aliphatic rings. The van der Waals surface area contributed by atoms with E-state index >= 15 is 0 Å². The van der Waals surface area contributed by atoms with Gasteiger partial charge in [0.05, 0.1) is 33.5 Å². The molecule has 0 aliphatic carbocycles. The van der Waals surface area contributed by atoms with E-state index in [1.54, 1.807) is 0 Å².